The predicted molar refractivity (Wildman–Crippen MR) is 93.8 cm³/mol. The second kappa shape index (κ2) is 7.53. The molecule has 24 heavy (non-hydrogen) atoms. The SMILES string of the molecule is CC(NC(=O)CN1CCN(C(=O)C2CC2)CC1)c1cccc(Cl)c1. The lowest BCUT2D eigenvalue weighted by Crippen LogP contribution is -2.51. The summed E-state index contributed by atoms with van der Waals surface area (Å²) in [6.45, 7) is 5.31. The normalized spacial score (nSPS) is 19.8. The van der Waals surface area contributed by atoms with Crippen LogP contribution < -0.4 is 5.32 Å². The van der Waals surface area contributed by atoms with Crippen LogP contribution in [0.5, 0.6) is 0 Å². The van der Waals surface area contributed by atoms with Crippen LogP contribution in [0.3, 0.4) is 0 Å². The molecular formula is C18H24ClN3O2. The van der Waals surface area contributed by atoms with Gasteiger partial charge in [0.1, 0.15) is 0 Å². The number of hydrogen-bond acceptors (Lipinski definition) is 3. The number of carbonyl (C=O) groups excluding carboxylic acids is 2. The maximum Gasteiger partial charge on any atom is 0.234 e. The van der Waals surface area contributed by atoms with Gasteiger partial charge < -0.3 is 10.2 Å². The minimum absolute atomic E-state index is 0.00412. The molecule has 1 unspecified atom stereocenters. The highest BCUT2D eigenvalue weighted by atomic mass is 35.5. The summed E-state index contributed by atoms with van der Waals surface area (Å²) in [6, 6.07) is 7.46. The van der Waals surface area contributed by atoms with Gasteiger partial charge in [-0.05, 0) is 37.5 Å². The molecule has 2 fully saturated rings. The summed E-state index contributed by atoms with van der Waals surface area (Å²) in [5.74, 6) is 0.580. The van der Waals surface area contributed by atoms with Crippen LogP contribution in [0.25, 0.3) is 0 Å². The van der Waals surface area contributed by atoms with E-state index in [0.717, 1.165) is 44.6 Å². The highest BCUT2D eigenvalue weighted by Crippen LogP contribution is 2.31. The number of halogens is 1. The fourth-order valence-electron chi connectivity index (χ4n) is 3.06. The van der Waals surface area contributed by atoms with E-state index in [1.54, 1.807) is 0 Å². The summed E-state index contributed by atoms with van der Waals surface area (Å²) in [5, 5.41) is 3.68. The van der Waals surface area contributed by atoms with Gasteiger partial charge in [-0.25, -0.2) is 0 Å². The minimum atomic E-state index is -0.0751. The molecule has 0 aromatic heterocycles. The predicted octanol–water partition coefficient (Wildman–Crippen LogP) is 2.07. The Balaban J connectivity index is 1.43. The molecule has 2 aliphatic rings. The average Bonchev–Trinajstić information content (AvgIpc) is 3.39. The van der Waals surface area contributed by atoms with Gasteiger partial charge in [-0.2, -0.15) is 0 Å². The zero-order valence-electron chi connectivity index (χ0n) is 14.0. The Labute approximate surface area is 147 Å². The molecule has 0 spiro atoms. The van der Waals surface area contributed by atoms with Crippen LogP contribution in [0.2, 0.25) is 5.02 Å². The Morgan fingerprint density at radius 3 is 2.58 bits per heavy atom. The molecule has 1 atom stereocenters. The van der Waals surface area contributed by atoms with E-state index in [-0.39, 0.29) is 17.9 Å². The molecule has 0 bridgehead atoms. The Kier molecular flexibility index (Phi) is 5.41. The third-order valence-electron chi connectivity index (χ3n) is 4.70. The van der Waals surface area contributed by atoms with Crippen molar-refractivity contribution >= 4 is 23.4 Å². The fraction of sp³-hybridized carbons (Fsp3) is 0.556. The lowest BCUT2D eigenvalue weighted by Gasteiger charge is -2.34. The van der Waals surface area contributed by atoms with Crippen LogP contribution in [0.1, 0.15) is 31.4 Å². The highest BCUT2D eigenvalue weighted by molar-refractivity contribution is 6.30. The zero-order chi connectivity index (χ0) is 17.1. The van der Waals surface area contributed by atoms with E-state index in [1.165, 1.54) is 0 Å². The van der Waals surface area contributed by atoms with Gasteiger partial charge in [0.15, 0.2) is 0 Å². The number of carbonyl (C=O) groups is 2. The standard InChI is InChI=1S/C18H24ClN3O2/c1-13(15-3-2-4-16(19)11-15)20-17(23)12-21-7-9-22(10-8-21)18(24)14-5-6-14/h2-4,11,13-14H,5-10,12H2,1H3,(H,20,23). The molecule has 1 saturated carbocycles. The summed E-state index contributed by atoms with van der Waals surface area (Å²) < 4.78 is 0. The molecule has 6 heteroatoms. The molecule has 2 amide bonds. The summed E-state index contributed by atoms with van der Waals surface area (Å²) in [6.07, 6.45) is 2.09. The van der Waals surface area contributed by atoms with Crippen molar-refractivity contribution in [1.29, 1.82) is 0 Å². The van der Waals surface area contributed by atoms with Crippen LogP contribution in [0, 0.1) is 5.92 Å². The largest absolute Gasteiger partial charge is 0.348 e. The monoisotopic (exact) mass is 349 g/mol. The lowest BCUT2D eigenvalue weighted by atomic mass is 10.1. The molecule has 5 nitrogen and oxygen atoms in total. The van der Waals surface area contributed by atoms with Gasteiger partial charge in [0.2, 0.25) is 11.8 Å². The van der Waals surface area contributed by atoms with E-state index in [4.69, 9.17) is 11.6 Å². The molecule has 3 rings (SSSR count). The molecule has 1 N–H and O–H groups in total. The highest BCUT2D eigenvalue weighted by Gasteiger charge is 2.34. The number of rotatable bonds is 5. The van der Waals surface area contributed by atoms with Gasteiger partial charge in [-0.3, -0.25) is 14.5 Å². The number of hydrogen-bond donors (Lipinski definition) is 1. The van der Waals surface area contributed by atoms with Gasteiger partial charge in [0, 0.05) is 37.1 Å². The molecule has 1 heterocycles. The van der Waals surface area contributed by atoms with Crippen LogP contribution in [-0.4, -0.2) is 54.3 Å². The molecule has 0 radical (unpaired) electrons. The summed E-state index contributed by atoms with van der Waals surface area (Å²) in [7, 11) is 0. The van der Waals surface area contributed by atoms with E-state index in [0.29, 0.717) is 17.5 Å². The number of benzene rings is 1. The molecular weight excluding hydrogens is 326 g/mol. The molecule has 1 aliphatic heterocycles. The van der Waals surface area contributed by atoms with Crippen molar-refractivity contribution in [2.24, 2.45) is 5.92 Å². The van der Waals surface area contributed by atoms with Crippen molar-refractivity contribution in [3.05, 3.63) is 34.9 Å². The maximum atomic E-state index is 12.2. The fourth-order valence-corrected chi connectivity index (χ4v) is 3.26. The smallest absolute Gasteiger partial charge is 0.234 e. The van der Waals surface area contributed by atoms with Crippen molar-refractivity contribution < 1.29 is 9.59 Å². The maximum absolute atomic E-state index is 12.2. The first-order chi connectivity index (χ1) is 11.5. The van der Waals surface area contributed by atoms with E-state index in [9.17, 15) is 9.59 Å². The summed E-state index contributed by atoms with van der Waals surface area (Å²) >= 11 is 5.99. The number of nitrogens with zero attached hydrogens (tertiary/aromatic N) is 2. The zero-order valence-corrected chi connectivity index (χ0v) is 14.8. The molecule has 1 aromatic carbocycles. The van der Waals surface area contributed by atoms with E-state index >= 15 is 0 Å². The summed E-state index contributed by atoms with van der Waals surface area (Å²) in [4.78, 5) is 28.3. The number of amides is 2. The van der Waals surface area contributed by atoms with Gasteiger partial charge in [-0.1, -0.05) is 23.7 Å². The topological polar surface area (TPSA) is 52.7 Å². The summed E-state index contributed by atoms with van der Waals surface area (Å²) in [5.41, 5.74) is 0.996. The minimum Gasteiger partial charge on any atom is -0.348 e. The van der Waals surface area contributed by atoms with Gasteiger partial charge in [-0.15, -0.1) is 0 Å². The van der Waals surface area contributed by atoms with E-state index in [2.05, 4.69) is 10.2 Å². The third-order valence-corrected chi connectivity index (χ3v) is 4.94. The second-order valence-electron chi connectivity index (χ2n) is 6.72. The van der Waals surface area contributed by atoms with Gasteiger partial charge in [0.25, 0.3) is 0 Å². The first kappa shape index (κ1) is 17.2. The van der Waals surface area contributed by atoms with Crippen LogP contribution in [-0.2, 0) is 9.59 Å². The first-order valence-corrected chi connectivity index (χ1v) is 8.96. The van der Waals surface area contributed by atoms with E-state index < -0.39 is 0 Å². The van der Waals surface area contributed by atoms with Crippen molar-refractivity contribution in [3.63, 3.8) is 0 Å². The quantitative estimate of drug-likeness (QED) is 0.885. The van der Waals surface area contributed by atoms with Crippen molar-refractivity contribution in [3.8, 4) is 0 Å². The Bertz CT molecular complexity index is 610. The van der Waals surface area contributed by atoms with Crippen molar-refractivity contribution in [2.75, 3.05) is 32.7 Å². The Morgan fingerprint density at radius 2 is 1.96 bits per heavy atom. The van der Waals surface area contributed by atoms with E-state index in [1.807, 2.05) is 36.1 Å². The van der Waals surface area contributed by atoms with Gasteiger partial charge >= 0.3 is 0 Å². The lowest BCUT2D eigenvalue weighted by molar-refractivity contribution is -0.134. The van der Waals surface area contributed by atoms with Crippen LogP contribution in [0.15, 0.2) is 24.3 Å². The van der Waals surface area contributed by atoms with Crippen molar-refractivity contribution in [2.45, 2.75) is 25.8 Å². The van der Waals surface area contributed by atoms with Crippen molar-refractivity contribution in [1.82, 2.24) is 15.1 Å². The molecule has 1 aliphatic carbocycles. The Morgan fingerprint density at radius 1 is 1.25 bits per heavy atom. The van der Waals surface area contributed by atoms with Crippen LogP contribution in [0.4, 0.5) is 0 Å². The Hall–Kier alpha value is -1.59. The van der Waals surface area contributed by atoms with Crippen LogP contribution >= 0.6 is 11.6 Å². The molecule has 1 aromatic rings. The molecule has 1 saturated heterocycles. The third kappa shape index (κ3) is 4.48. The number of nitrogens with one attached hydrogen (secondary N) is 1. The second-order valence-corrected chi connectivity index (χ2v) is 7.16. The number of piperazine rings is 1. The molecule has 130 valence electrons. The first-order valence-electron chi connectivity index (χ1n) is 8.59. The average molecular weight is 350 g/mol. The van der Waals surface area contributed by atoms with Gasteiger partial charge in [0.05, 0.1) is 12.6 Å².